The van der Waals surface area contributed by atoms with Crippen LogP contribution in [0.3, 0.4) is 0 Å². The predicted molar refractivity (Wildman–Crippen MR) is 83.7 cm³/mol. The number of benzene rings is 2. The zero-order chi connectivity index (χ0) is 15.0. The number of nitrogens with zero attached hydrogens (tertiary/aromatic N) is 1. The van der Waals surface area contributed by atoms with Crippen molar-refractivity contribution in [2.75, 3.05) is 26.3 Å². The van der Waals surface area contributed by atoms with E-state index in [4.69, 9.17) is 9.47 Å². The summed E-state index contributed by atoms with van der Waals surface area (Å²) in [7, 11) is 0. The smallest absolute Gasteiger partial charge is 0.254 e. The molecule has 2 aliphatic heterocycles. The second kappa shape index (κ2) is 5.38. The van der Waals surface area contributed by atoms with E-state index in [0.717, 1.165) is 29.2 Å². The lowest BCUT2D eigenvalue weighted by Gasteiger charge is -2.37. The summed E-state index contributed by atoms with van der Waals surface area (Å²) < 4.78 is 11.5. The van der Waals surface area contributed by atoms with Crippen molar-refractivity contribution in [2.24, 2.45) is 0 Å². The Kier molecular flexibility index (Phi) is 3.36. The molecule has 1 amide bonds. The van der Waals surface area contributed by atoms with Gasteiger partial charge in [-0.05, 0) is 16.8 Å². The Balaban J connectivity index is 1.57. The monoisotopic (exact) mass is 297 g/mol. The largest absolute Gasteiger partial charge is 0.347 e. The molecule has 4 rings (SSSR count). The van der Waals surface area contributed by atoms with Crippen LogP contribution in [0.15, 0.2) is 42.5 Å². The molecule has 2 aromatic carbocycles. The van der Waals surface area contributed by atoms with Crippen LogP contribution in [0.25, 0.3) is 10.8 Å². The van der Waals surface area contributed by atoms with Crippen molar-refractivity contribution in [3.8, 4) is 0 Å². The van der Waals surface area contributed by atoms with E-state index in [-0.39, 0.29) is 5.91 Å². The van der Waals surface area contributed by atoms with Gasteiger partial charge in [0.25, 0.3) is 5.91 Å². The average Bonchev–Trinajstić information content (AvgIpc) is 3.02. The Morgan fingerprint density at radius 3 is 2.41 bits per heavy atom. The van der Waals surface area contributed by atoms with Gasteiger partial charge in [0.1, 0.15) is 0 Å². The van der Waals surface area contributed by atoms with Crippen LogP contribution >= 0.6 is 0 Å². The third-order valence-corrected chi connectivity index (χ3v) is 4.65. The first-order valence-corrected chi connectivity index (χ1v) is 7.82. The molecule has 0 saturated carbocycles. The summed E-state index contributed by atoms with van der Waals surface area (Å²) in [4.78, 5) is 14.8. The minimum absolute atomic E-state index is 0.102. The number of hydrogen-bond acceptors (Lipinski definition) is 3. The molecule has 0 N–H and O–H groups in total. The Morgan fingerprint density at radius 1 is 0.955 bits per heavy atom. The van der Waals surface area contributed by atoms with Crippen molar-refractivity contribution in [1.29, 1.82) is 0 Å². The van der Waals surface area contributed by atoms with Crippen molar-refractivity contribution < 1.29 is 14.3 Å². The first-order chi connectivity index (χ1) is 10.8. The van der Waals surface area contributed by atoms with Crippen LogP contribution in [0.2, 0.25) is 0 Å². The molecule has 22 heavy (non-hydrogen) atoms. The molecular weight excluding hydrogens is 278 g/mol. The minimum Gasteiger partial charge on any atom is -0.347 e. The topological polar surface area (TPSA) is 38.8 Å². The maximum atomic E-state index is 12.9. The van der Waals surface area contributed by atoms with Crippen LogP contribution in [0, 0.1) is 0 Å². The van der Waals surface area contributed by atoms with Crippen LogP contribution in [0.1, 0.15) is 23.2 Å². The SMILES string of the molecule is O=C(c1cccc2ccccc12)N1CCC2(CC1)OCCO2. The summed E-state index contributed by atoms with van der Waals surface area (Å²) in [5, 5.41) is 2.12. The molecule has 4 nitrogen and oxygen atoms in total. The van der Waals surface area contributed by atoms with E-state index < -0.39 is 5.79 Å². The Hall–Kier alpha value is -1.91. The number of piperidine rings is 1. The zero-order valence-electron chi connectivity index (χ0n) is 12.5. The number of likely N-dealkylation sites (tertiary alicyclic amines) is 1. The quantitative estimate of drug-likeness (QED) is 0.812. The number of ether oxygens (including phenoxy) is 2. The standard InChI is InChI=1S/C18H19NO3/c20-17(16-7-3-5-14-4-1-2-6-15(14)16)19-10-8-18(9-11-19)21-12-13-22-18/h1-7H,8-13H2. The molecule has 1 spiro atoms. The van der Waals surface area contributed by atoms with Crippen molar-refractivity contribution in [2.45, 2.75) is 18.6 Å². The number of rotatable bonds is 1. The van der Waals surface area contributed by atoms with Crippen LogP contribution in [0.5, 0.6) is 0 Å². The first-order valence-electron chi connectivity index (χ1n) is 7.82. The lowest BCUT2D eigenvalue weighted by Crippen LogP contribution is -2.47. The van der Waals surface area contributed by atoms with Crippen molar-refractivity contribution in [3.05, 3.63) is 48.0 Å². The zero-order valence-corrected chi connectivity index (χ0v) is 12.5. The molecule has 0 aliphatic carbocycles. The second-order valence-electron chi connectivity index (χ2n) is 5.93. The summed E-state index contributed by atoms with van der Waals surface area (Å²) in [5.74, 6) is -0.333. The number of hydrogen-bond donors (Lipinski definition) is 0. The summed E-state index contributed by atoms with van der Waals surface area (Å²) in [6.07, 6.45) is 1.51. The van der Waals surface area contributed by atoms with Gasteiger partial charge in [-0.3, -0.25) is 4.79 Å². The van der Waals surface area contributed by atoms with Crippen LogP contribution in [-0.2, 0) is 9.47 Å². The number of carbonyl (C=O) groups excluding carboxylic acids is 1. The summed E-state index contributed by atoms with van der Waals surface area (Å²) >= 11 is 0. The summed E-state index contributed by atoms with van der Waals surface area (Å²) in [6, 6.07) is 13.9. The predicted octanol–water partition coefficient (Wildman–Crippen LogP) is 2.82. The van der Waals surface area contributed by atoms with E-state index in [9.17, 15) is 4.79 Å². The number of amides is 1. The van der Waals surface area contributed by atoms with Gasteiger partial charge in [-0.15, -0.1) is 0 Å². The molecule has 0 bridgehead atoms. The van der Waals surface area contributed by atoms with E-state index in [1.54, 1.807) is 0 Å². The molecule has 2 aromatic rings. The highest BCUT2D eigenvalue weighted by Gasteiger charge is 2.40. The fraction of sp³-hybridized carbons (Fsp3) is 0.389. The van der Waals surface area contributed by atoms with E-state index in [1.807, 2.05) is 47.4 Å². The molecule has 114 valence electrons. The van der Waals surface area contributed by atoms with Gasteiger partial charge in [0.15, 0.2) is 5.79 Å². The van der Waals surface area contributed by atoms with Gasteiger partial charge >= 0.3 is 0 Å². The molecular formula is C18H19NO3. The van der Waals surface area contributed by atoms with Crippen LogP contribution in [0.4, 0.5) is 0 Å². The van der Waals surface area contributed by atoms with Crippen LogP contribution < -0.4 is 0 Å². The number of fused-ring (bicyclic) bond motifs is 1. The van der Waals surface area contributed by atoms with Gasteiger partial charge in [-0.1, -0.05) is 36.4 Å². The second-order valence-corrected chi connectivity index (χ2v) is 5.93. The lowest BCUT2D eigenvalue weighted by atomic mass is 10.00. The Bertz CT molecular complexity index is 691. The van der Waals surface area contributed by atoms with Gasteiger partial charge in [-0.2, -0.15) is 0 Å². The lowest BCUT2D eigenvalue weighted by molar-refractivity contribution is -0.181. The number of carbonyl (C=O) groups is 1. The Labute approximate surface area is 129 Å². The molecule has 2 aliphatic rings. The molecule has 0 atom stereocenters. The van der Waals surface area contributed by atoms with Gasteiger partial charge in [0, 0.05) is 31.5 Å². The van der Waals surface area contributed by atoms with E-state index >= 15 is 0 Å². The molecule has 2 heterocycles. The third-order valence-electron chi connectivity index (χ3n) is 4.65. The van der Waals surface area contributed by atoms with Gasteiger partial charge in [-0.25, -0.2) is 0 Å². The van der Waals surface area contributed by atoms with Gasteiger partial charge in [0.05, 0.1) is 13.2 Å². The van der Waals surface area contributed by atoms with E-state index in [2.05, 4.69) is 0 Å². The van der Waals surface area contributed by atoms with Gasteiger partial charge < -0.3 is 14.4 Å². The molecule has 2 fully saturated rings. The summed E-state index contributed by atoms with van der Waals surface area (Å²) in [6.45, 7) is 2.69. The van der Waals surface area contributed by atoms with E-state index in [1.165, 1.54) is 0 Å². The van der Waals surface area contributed by atoms with Crippen LogP contribution in [-0.4, -0.2) is 42.9 Å². The molecule has 0 unspecified atom stereocenters. The summed E-state index contributed by atoms with van der Waals surface area (Å²) in [5.41, 5.74) is 0.780. The fourth-order valence-corrected chi connectivity index (χ4v) is 3.42. The highest BCUT2D eigenvalue weighted by molar-refractivity contribution is 6.07. The highest BCUT2D eigenvalue weighted by Crippen LogP contribution is 2.32. The Morgan fingerprint density at radius 2 is 1.64 bits per heavy atom. The van der Waals surface area contributed by atoms with Crippen molar-refractivity contribution >= 4 is 16.7 Å². The molecule has 4 heteroatoms. The van der Waals surface area contributed by atoms with Gasteiger partial charge in [0.2, 0.25) is 0 Å². The molecule has 2 saturated heterocycles. The molecule has 0 radical (unpaired) electrons. The normalized spacial score (nSPS) is 20.6. The third kappa shape index (κ3) is 2.28. The maximum Gasteiger partial charge on any atom is 0.254 e. The average molecular weight is 297 g/mol. The van der Waals surface area contributed by atoms with Crippen molar-refractivity contribution in [3.63, 3.8) is 0 Å². The highest BCUT2D eigenvalue weighted by atomic mass is 16.7. The van der Waals surface area contributed by atoms with E-state index in [0.29, 0.717) is 26.3 Å². The molecule has 0 aromatic heterocycles. The first kappa shape index (κ1) is 13.7. The van der Waals surface area contributed by atoms with Crippen molar-refractivity contribution in [1.82, 2.24) is 4.90 Å². The maximum absolute atomic E-state index is 12.9. The minimum atomic E-state index is -0.435. The fourth-order valence-electron chi connectivity index (χ4n) is 3.42.